The van der Waals surface area contributed by atoms with Crippen molar-refractivity contribution >= 4 is 17.6 Å². The molecule has 0 bridgehead atoms. The molecule has 4 rings (SSSR count). The van der Waals surface area contributed by atoms with E-state index in [1.807, 2.05) is 0 Å². The Balaban J connectivity index is 1.45. The van der Waals surface area contributed by atoms with Gasteiger partial charge in [-0.05, 0) is 17.7 Å². The molecular formula is C20H19F3N6O3. The highest BCUT2D eigenvalue weighted by Gasteiger charge is 2.38. The zero-order valence-corrected chi connectivity index (χ0v) is 16.6. The smallest absolute Gasteiger partial charge is 0.383 e. The number of nitrogens with one attached hydrogen (secondary N) is 2. The fourth-order valence-electron chi connectivity index (χ4n) is 3.30. The number of aromatic nitrogens is 2. The van der Waals surface area contributed by atoms with Crippen LogP contribution in [0.25, 0.3) is 0 Å². The Morgan fingerprint density at radius 2 is 2.06 bits per heavy atom. The fourth-order valence-corrected chi connectivity index (χ4v) is 3.30. The Morgan fingerprint density at radius 3 is 2.75 bits per heavy atom. The Kier molecular flexibility index (Phi) is 5.36. The highest BCUT2D eigenvalue weighted by Crippen LogP contribution is 2.29. The van der Waals surface area contributed by atoms with Crippen molar-refractivity contribution in [2.24, 2.45) is 11.7 Å². The molecule has 1 saturated carbocycles. The van der Waals surface area contributed by atoms with Gasteiger partial charge in [-0.15, -0.1) is 0 Å². The van der Waals surface area contributed by atoms with Gasteiger partial charge in [-0.1, -0.05) is 12.1 Å². The standard InChI is InChI=1S/C20H19F3N6O3/c21-20(22,23)14-3-1-2-11(4-14)7-29-9-13(6-26-29)18(31)27-16-17(24)28(10-25-19(16)32)8-12-5-15(12)30/h1-4,6,9,12H,5,7-8,10,24H2,(H,25,32)(H,27,31). The van der Waals surface area contributed by atoms with Crippen molar-refractivity contribution in [3.63, 3.8) is 0 Å². The third kappa shape index (κ3) is 4.58. The van der Waals surface area contributed by atoms with E-state index < -0.39 is 23.6 Å². The fraction of sp³-hybridized carbons (Fsp3) is 0.300. The first-order valence-electron chi connectivity index (χ1n) is 9.67. The molecule has 1 atom stereocenters. The molecule has 1 unspecified atom stereocenters. The molecule has 9 nitrogen and oxygen atoms in total. The van der Waals surface area contributed by atoms with E-state index in [4.69, 9.17) is 5.73 Å². The molecule has 1 aliphatic carbocycles. The van der Waals surface area contributed by atoms with Gasteiger partial charge in [-0.3, -0.25) is 19.1 Å². The second-order valence-corrected chi connectivity index (χ2v) is 7.59. The molecule has 0 radical (unpaired) electrons. The summed E-state index contributed by atoms with van der Waals surface area (Å²) >= 11 is 0. The maximum Gasteiger partial charge on any atom is 0.416 e. The monoisotopic (exact) mass is 448 g/mol. The molecule has 1 fully saturated rings. The van der Waals surface area contributed by atoms with Gasteiger partial charge in [-0.25, -0.2) is 0 Å². The Labute approximate surface area is 180 Å². The average molecular weight is 448 g/mol. The topological polar surface area (TPSA) is 122 Å². The predicted molar refractivity (Wildman–Crippen MR) is 104 cm³/mol. The first-order valence-corrected chi connectivity index (χ1v) is 9.67. The van der Waals surface area contributed by atoms with Crippen molar-refractivity contribution in [1.82, 2.24) is 25.3 Å². The van der Waals surface area contributed by atoms with Crippen LogP contribution >= 0.6 is 0 Å². The molecule has 32 heavy (non-hydrogen) atoms. The van der Waals surface area contributed by atoms with Gasteiger partial charge in [0.05, 0.1) is 30.5 Å². The summed E-state index contributed by atoms with van der Waals surface area (Å²) in [4.78, 5) is 37.6. The van der Waals surface area contributed by atoms with E-state index in [2.05, 4.69) is 15.7 Å². The number of alkyl halides is 3. The summed E-state index contributed by atoms with van der Waals surface area (Å²) in [5.41, 5.74) is 5.57. The van der Waals surface area contributed by atoms with Gasteiger partial charge < -0.3 is 21.3 Å². The molecule has 168 valence electrons. The lowest BCUT2D eigenvalue weighted by atomic mass is 10.1. The molecule has 12 heteroatoms. The van der Waals surface area contributed by atoms with Crippen LogP contribution in [0.15, 0.2) is 48.2 Å². The van der Waals surface area contributed by atoms with E-state index in [0.717, 1.165) is 12.1 Å². The van der Waals surface area contributed by atoms with Crippen molar-refractivity contribution in [2.45, 2.75) is 19.1 Å². The van der Waals surface area contributed by atoms with Crippen molar-refractivity contribution in [2.75, 3.05) is 13.2 Å². The lowest BCUT2D eigenvalue weighted by molar-refractivity contribution is -0.137. The second kappa shape index (κ2) is 8.02. The Hall–Kier alpha value is -3.83. The Morgan fingerprint density at radius 1 is 1.31 bits per heavy atom. The number of hydrogen-bond acceptors (Lipinski definition) is 6. The maximum absolute atomic E-state index is 12.9. The van der Waals surface area contributed by atoms with E-state index in [-0.39, 0.29) is 42.0 Å². The summed E-state index contributed by atoms with van der Waals surface area (Å²) in [7, 11) is 0. The van der Waals surface area contributed by atoms with Crippen molar-refractivity contribution < 1.29 is 27.6 Å². The minimum atomic E-state index is -4.46. The number of rotatable bonds is 6. The average Bonchev–Trinajstić information content (AvgIpc) is 3.22. The SMILES string of the molecule is NC1=C(NC(=O)c2cnn(Cc3cccc(C(F)(F)F)c3)c2)C(=O)NCN1CC1CC1=O. The first-order chi connectivity index (χ1) is 15.1. The summed E-state index contributed by atoms with van der Waals surface area (Å²) < 4.78 is 40.0. The first kappa shape index (κ1) is 21.4. The molecule has 4 N–H and O–H groups in total. The van der Waals surface area contributed by atoms with Crippen LogP contribution in [0.5, 0.6) is 0 Å². The second-order valence-electron chi connectivity index (χ2n) is 7.59. The molecule has 1 aromatic carbocycles. The van der Waals surface area contributed by atoms with E-state index in [1.165, 1.54) is 29.2 Å². The number of amides is 2. The maximum atomic E-state index is 12.9. The largest absolute Gasteiger partial charge is 0.416 e. The highest BCUT2D eigenvalue weighted by atomic mass is 19.4. The minimum Gasteiger partial charge on any atom is -0.383 e. The van der Waals surface area contributed by atoms with E-state index in [9.17, 15) is 27.6 Å². The number of benzene rings is 1. The van der Waals surface area contributed by atoms with Crippen LogP contribution in [0, 0.1) is 5.92 Å². The van der Waals surface area contributed by atoms with E-state index in [0.29, 0.717) is 18.5 Å². The highest BCUT2D eigenvalue weighted by molar-refractivity contribution is 6.03. The van der Waals surface area contributed by atoms with Gasteiger partial charge in [0.15, 0.2) is 0 Å². The summed E-state index contributed by atoms with van der Waals surface area (Å²) in [6.07, 6.45) is -1.40. The van der Waals surface area contributed by atoms with Crippen LogP contribution < -0.4 is 16.4 Å². The zero-order chi connectivity index (χ0) is 23.0. The van der Waals surface area contributed by atoms with Gasteiger partial charge in [0.25, 0.3) is 11.8 Å². The molecule has 1 aromatic heterocycles. The number of nitrogens with two attached hydrogens (primary N) is 1. The predicted octanol–water partition coefficient (Wildman–Crippen LogP) is 0.786. The molecule has 2 heterocycles. The summed E-state index contributed by atoms with van der Waals surface area (Å²) in [5, 5.41) is 9.04. The number of nitrogens with zero attached hydrogens (tertiary/aromatic N) is 3. The van der Waals surface area contributed by atoms with Crippen LogP contribution in [-0.2, 0) is 22.3 Å². The quantitative estimate of drug-likeness (QED) is 0.601. The number of ketones is 1. The molecular weight excluding hydrogens is 429 g/mol. The van der Waals surface area contributed by atoms with Crippen LogP contribution in [0.1, 0.15) is 27.9 Å². The number of carbonyl (C=O) groups is 3. The van der Waals surface area contributed by atoms with Crippen LogP contribution in [0.3, 0.4) is 0 Å². The third-order valence-electron chi connectivity index (χ3n) is 5.17. The lowest BCUT2D eigenvalue weighted by Crippen LogP contribution is -2.51. The third-order valence-corrected chi connectivity index (χ3v) is 5.17. The van der Waals surface area contributed by atoms with Gasteiger partial charge >= 0.3 is 6.18 Å². The van der Waals surface area contributed by atoms with Crippen LogP contribution in [0.2, 0.25) is 0 Å². The normalized spacial score (nSPS) is 18.6. The molecule has 0 spiro atoms. The van der Waals surface area contributed by atoms with E-state index in [1.54, 1.807) is 4.90 Å². The lowest BCUT2D eigenvalue weighted by Gasteiger charge is -2.31. The number of Topliss-reactive ketones (excluding diaryl/α,β-unsaturated/α-hetero) is 1. The van der Waals surface area contributed by atoms with Gasteiger partial charge in [-0.2, -0.15) is 18.3 Å². The van der Waals surface area contributed by atoms with E-state index >= 15 is 0 Å². The minimum absolute atomic E-state index is 0.0196. The van der Waals surface area contributed by atoms with Gasteiger partial charge in [0.2, 0.25) is 0 Å². The molecule has 2 aliphatic rings. The van der Waals surface area contributed by atoms with Gasteiger partial charge in [0.1, 0.15) is 17.3 Å². The van der Waals surface area contributed by atoms with Crippen molar-refractivity contribution in [3.05, 3.63) is 64.9 Å². The molecule has 0 saturated heterocycles. The van der Waals surface area contributed by atoms with Crippen molar-refractivity contribution in [3.8, 4) is 0 Å². The molecule has 2 amide bonds. The number of hydrogen-bond donors (Lipinski definition) is 3. The number of carbonyl (C=O) groups excluding carboxylic acids is 3. The summed E-state index contributed by atoms with van der Waals surface area (Å²) in [5.74, 6) is -1.18. The summed E-state index contributed by atoms with van der Waals surface area (Å²) in [6.45, 7) is 0.494. The molecule has 1 aliphatic heterocycles. The van der Waals surface area contributed by atoms with Gasteiger partial charge in [0, 0.05) is 25.1 Å². The van der Waals surface area contributed by atoms with Crippen LogP contribution in [-0.4, -0.2) is 45.5 Å². The zero-order valence-electron chi connectivity index (χ0n) is 16.6. The van der Waals surface area contributed by atoms with Crippen molar-refractivity contribution in [1.29, 1.82) is 0 Å². The Bertz CT molecular complexity index is 1120. The van der Waals surface area contributed by atoms with Crippen LogP contribution in [0.4, 0.5) is 13.2 Å². The molecule has 2 aromatic rings. The summed E-state index contributed by atoms with van der Waals surface area (Å²) in [6, 6.07) is 4.81. The number of halogens is 3.